The van der Waals surface area contributed by atoms with E-state index < -0.39 is 0 Å². The highest BCUT2D eigenvalue weighted by Crippen LogP contribution is 2.30. The predicted octanol–water partition coefficient (Wildman–Crippen LogP) is 2.37. The highest BCUT2D eigenvalue weighted by molar-refractivity contribution is 5.79. The zero-order chi connectivity index (χ0) is 17.7. The number of esters is 1. The summed E-state index contributed by atoms with van der Waals surface area (Å²) >= 11 is 0. The second kappa shape index (κ2) is 7.82. The number of amides is 1. The summed E-state index contributed by atoms with van der Waals surface area (Å²) < 4.78 is 10.6. The Morgan fingerprint density at radius 2 is 1.92 bits per heavy atom. The average molecular weight is 330 g/mol. The molecule has 0 aliphatic carbocycles. The van der Waals surface area contributed by atoms with Crippen molar-refractivity contribution in [2.75, 3.05) is 20.2 Å². The molecular formula is C18H22N2O4. The molecule has 1 heterocycles. The van der Waals surface area contributed by atoms with Crippen LogP contribution in [0.4, 0.5) is 0 Å². The number of ether oxygens (including phenoxy) is 2. The number of piperidine rings is 1. The molecule has 6 heteroatoms. The molecule has 0 unspecified atom stereocenters. The van der Waals surface area contributed by atoms with Gasteiger partial charge < -0.3 is 14.4 Å². The maximum Gasteiger partial charge on any atom is 0.314 e. The molecule has 1 aliphatic rings. The zero-order valence-corrected chi connectivity index (χ0v) is 14.2. The number of nitriles is 1. The summed E-state index contributed by atoms with van der Waals surface area (Å²) in [6.07, 6.45) is 1.19. The van der Waals surface area contributed by atoms with E-state index in [1.54, 1.807) is 17.0 Å². The van der Waals surface area contributed by atoms with E-state index in [1.807, 2.05) is 19.9 Å². The van der Waals surface area contributed by atoms with Crippen molar-refractivity contribution in [1.29, 1.82) is 5.26 Å². The summed E-state index contributed by atoms with van der Waals surface area (Å²) in [6.45, 7) is 4.89. The van der Waals surface area contributed by atoms with E-state index in [4.69, 9.17) is 14.7 Å². The fourth-order valence-electron chi connectivity index (χ4n) is 2.71. The molecule has 1 amide bonds. The van der Waals surface area contributed by atoms with E-state index in [9.17, 15) is 9.59 Å². The molecule has 1 aromatic carbocycles. The van der Waals surface area contributed by atoms with Crippen molar-refractivity contribution in [1.82, 2.24) is 4.90 Å². The molecule has 1 aliphatic heterocycles. The number of carbonyl (C=O) groups is 2. The van der Waals surface area contributed by atoms with E-state index in [0.29, 0.717) is 43.0 Å². The third-order valence-corrected chi connectivity index (χ3v) is 4.14. The number of methoxy groups -OCH3 is 1. The highest BCUT2D eigenvalue weighted by atomic mass is 16.6. The molecule has 6 nitrogen and oxygen atoms in total. The molecule has 1 saturated heterocycles. The Morgan fingerprint density at radius 3 is 2.46 bits per heavy atom. The monoisotopic (exact) mass is 330 g/mol. The topological polar surface area (TPSA) is 79.6 Å². The summed E-state index contributed by atoms with van der Waals surface area (Å²) in [5.74, 6) is 0.195. The van der Waals surface area contributed by atoms with Gasteiger partial charge in [0.15, 0.2) is 11.5 Å². The van der Waals surface area contributed by atoms with Crippen LogP contribution < -0.4 is 9.47 Å². The van der Waals surface area contributed by atoms with Crippen LogP contribution in [0.1, 0.15) is 32.3 Å². The van der Waals surface area contributed by atoms with Gasteiger partial charge in [-0.05, 0) is 25.0 Å². The van der Waals surface area contributed by atoms with E-state index in [1.165, 1.54) is 13.2 Å². The number of nitrogens with zero attached hydrogens (tertiary/aromatic N) is 2. The van der Waals surface area contributed by atoms with Crippen LogP contribution in [0.3, 0.4) is 0 Å². The first-order chi connectivity index (χ1) is 11.5. The smallest absolute Gasteiger partial charge is 0.314 e. The minimum atomic E-state index is -0.324. The number of benzene rings is 1. The molecule has 1 aromatic rings. The van der Waals surface area contributed by atoms with E-state index in [-0.39, 0.29) is 23.7 Å². The molecule has 0 N–H and O–H groups in total. The van der Waals surface area contributed by atoms with Gasteiger partial charge in [0.05, 0.1) is 24.7 Å². The molecule has 2 rings (SSSR count). The third-order valence-electron chi connectivity index (χ3n) is 4.14. The maximum atomic E-state index is 12.4. The van der Waals surface area contributed by atoms with Gasteiger partial charge in [-0.15, -0.1) is 0 Å². The predicted molar refractivity (Wildman–Crippen MR) is 87.5 cm³/mol. The fourth-order valence-corrected chi connectivity index (χ4v) is 2.71. The number of hydrogen-bond acceptors (Lipinski definition) is 5. The lowest BCUT2D eigenvalue weighted by molar-refractivity contribution is -0.144. The van der Waals surface area contributed by atoms with Gasteiger partial charge in [-0.2, -0.15) is 5.26 Å². The second-order valence-corrected chi connectivity index (χ2v) is 6.15. The standard InChI is InChI=1S/C18H22N2O4/c1-12(2)17(21)20-8-6-14(7-9-20)18(22)24-15-5-4-13(11-19)10-16(15)23-3/h4-5,10,12,14H,6-9H2,1-3H3. The quantitative estimate of drug-likeness (QED) is 0.625. The van der Waals surface area contributed by atoms with Gasteiger partial charge in [-0.1, -0.05) is 13.8 Å². The SMILES string of the molecule is COc1cc(C#N)ccc1OC(=O)C1CCN(C(=O)C(C)C)CC1. The second-order valence-electron chi connectivity index (χ2n) is 6.15. The van der Waals surface area contributed by atoms with Crippen LogP contribution in [-0.4, -0.2) is 37.0 Å². The molecular weight excluding hydrogens is 308 g/mol. The van der Waals surface area contributed by atoms with Crippen molar-refractivity contribution >= 4 is 11.9 Å². The molecule has 0 spiro atoms. The Morgan fingerprint density at radius 1 is 1.25 bits per heavy atom. The first-order valence-corrected chi connectivity index (χ1v) is 8.05. The van der Waals surface area contributed by atoms with Crippen molar-refractivity contribution in [2.45, 2.75) is 26.7 Å². The third kappa shape index (κ3) is 4.05. The summed E-state index contributed by atoms with van der Waals surface area (Å²) in [7, 11) is 1.46. The van der Waals surface area contributed by atoms with Crippen LogP contribution >= 0.6 is 0 Å². The van der Waals surface area contributed by atoms with Gasteiger partial charge in [0, 0.05) is 25.1 Å². The van der Waals surface area contributed by atoms with E-state index in [2.05, 4.69) is 0 Å². The number of likely N-dealkylation sites (tertiary alicyclic amines) is 1. The Balaban J connectivity index is 1.97. The Kier molecular flexibility index (Phi) is 5.80. The lowest BCUT2D eigenvalue weighted by atomic mass is 9.96. The van der Waals surface area contributed by atoms with Crippen LogP contribution in [0.5, 0.6) is 11.5 Å². The Bertz CT molecular complexity index is 655. The lowest BCUT2D eigenvalue weighted by Gasteiger charge is -2.32. The number of carbonyl (C=O) groups excluding carboxylic acids is 2. The lowest BCUT2D eigenvalue weighted by Crippen LogP contribution is -2.42. The number of rotatable bonds is 4. The van der Waals surface area contributed by atoms with Crippen LogP contribution in [0.15, 0.2) is 18.2 Å². The van der Waals surface area contributed by atoms with Crippen molar-refractivity contribution in [3.8, 4) is 17.6 Å². The van der Waals surface area contributed by atoms with Gasteiger partial charge in [0.2, 0.25) is 5.91 Å². The molecule has 1 fully saturated rings. The van der Waals surface area contributed by atoms with Crippen molar-refractivity contribution in [3.63, 3.8) is 0 Å². The minimum Gasteiger partial charge on any atom is -0.493 e. The van der Waals surface area contributed by atoms with Gasteiger partial charge in [-0.3, -0.25) is 9.59 Å². The van der Waals surface area contributed by atoms with Crippen LogP contribution in [0, 0.1) is 23.2 Å². The Hall–Kier alpha value is -2.55. The maximum absolute atomic E-state index is 12.4. The molecule has 0 saturated carbocycles. The Labute approximate surface area is 142 Å². The van der Waals surface area contributed by atoms with Gasteiger partial charge >= 0.3 is 5.97 Å². The summed E-state index contributed by atoms with van der Waals surface area (Å²) in [4.78, 5) is 26.1. The van der Waals surface area contributed by atoms with Gasteiger partial charge in [0.1, 0.15) is 0 Å². The summed E-state index contributed by atoms with van der Waals surface area (Å²) in [6, 6.07) is 6.69. The summed E-state index contributed by atoms with van der Waals surface area (Å²) in [5.41, 5.74) is 0.437. The van der Waals surface area contributed by atoms with Crippen molar-refractivity contribution in [3.05, 3.63) is 23.8 Å². The molecule has 0 bridgehead atoms. The molecule has 128 valence electrons. The van der Waals surface area contributed by atoms with E-state index in [0.717, 1.165) is 0 Å². The molecule has 0 atom stereocenters. The van der Waals surface area contributed by atoms with Crippen LogP contribution in [0.25, 0.3) is 0 Å². The summed E-state index contributed by atoms with van der Waals surface area (Å²) in [5, 5.41) is 8.90. The first-order valence-electron chi connectivity index (χ1n) is 8.05. The molecule has 0 radical (unpaired) electrons. The van der Waals surface area contributed by atoms with Crippen LogP contribution in [0.2, 0.25) is 0 Å². The molecule has 0 aromatic heterocycles. The first kappa shape index (κ1) is 17.8. The zero-order valence-electron chi connectivity index (χ0n) is 14.2. The normalized spacial score (nSPS) is 15.0. The van der Waals surface area contributed by atoms with Crippen LogP contribution in [-0.2, 0) is 9.59 Å². The highest BCUT2D eigenvalue weighted by Gasteiger charge is 2.29. The van der Waals surface area contributed by atoms with Gasteiger partial charge in [0.25, 0.3) is 0 Å². The molecule has 24 heavy (non-hydrogen) atoms. The minimum absolute atomic E-state index is 0.0311. The van der Waals surface area contributed by atoms with Crippen molar-refractivity contribution in [2.24, 2.45) is 11.8 Å². The van der Waals surface area contributed by atoms with Crippen molar-refractivity contribution < 1.29 is 19.1 Å². The largest absolute Gasteiger partial charge is 0.493 e. The van der Waals surface area contributed by atoms with Gasteiger partial charge in [-0.25, -0.2) is 0 Å². The van der Waals surface area contributed by atoms with E-state index >= 15 is 0 Å². The number of hydrogen-bond donors (Lipinski definition) is 0. The fraction of sp³-hybridized carbons (Fsp3) is 0.500. The average Bonchev–Trinajstić information content (AvgIpc) is 2.61.